The van der Waals surface area contributed by atoms with Gasteiger partial charge in [0.1, 0.15) is 0 Å². The van der Waals surface area contributed by atoms with Crippen LogP contribution < -0.4 is 5.32 Å². The van der Waals surface area contributed by atoms with Gasteiger partial charge >= 0.3 is 0 Å². The highest BCUT2D eigenvalue weighted by Crippen LogP contribution is 1.89. The Kier molecular flexibility index (Phi) is 9.18. The van der Waals surface area contributed by atoms with E-state index in [9.17, 15) is 0 Å². The third kappa shape index (κ3) is 7.83. The van der Waals surface area contributed by atoms with E-state index in [1.165, 1.54) is 6.42 Å². The zero-order valence-corrected chi connectivity index (χ0v) is 8.81. The Labute approximate surface area is 82.1 Å². The lowest BCUT2D eigenvalue weighted by Crippen LogP contribution is -2.30. The maximum Gasteiger partial charge on any atom is 0.0685 e. The number of nitrogens with one attached hydrogen (secondary N) is 1. The SMILES string of the molecule is C#CC(CC)NCCOCCCC. The van der Waals surface area contributed by atoms with Gasteiger partial charge < -0.3 is 10.1 Å². The van der Waals surface area contributed by atoms with Crippen LogP contribution in [0.2, 0.25) is 0 Å². The highest BCUT2D eigenvalue weighted by atomic mass is 16.5. The molecule has 0 aromatic rings. The van der Waals surface area contributed by atoms with Crippen molar-refractivity contribution in [3.8, 4) is 12.3 Å². The van der Waals surface area contributed by atoms with Gasteiger partial charge in [-0.05, 0) is 12.8 Å². The van der Waals surface area contributed by atoms with E-state index in [-0.39, 0.29) is 6.04 Å². The van der Waals surface area contributed by atoms with E-state index in [4.69, 9.17) is 11.2 Å². The second-order valence-corrected chi connectivity index (χ2v) is 3.05. The number of ether oxygens (including phenoxy) is 1. The van der Waals surface area contributed by atoms with Gasteiger partial charge in [0.15, 0.2) is 0 Å². The first kappa shape index (κ1) is 12.5. The number of rotatable bonds is 8. The van der Waals surface area contributed by atoms with Gasteiger partial charge in [-0.25, -0.2) is 0 Å². The van der Waals surface area contributed by atoms with Gasteiger partial charge in [0.05, 0.1) is 12.6 Å². The average Bonchev–Trinajstić information content (AvgIpc) is 2.17. The Morgan fingerprint density at radius 2 is 2.15 bits per heavy atom. The molecule has 0 aromatic heterocycles. The second kappa shape index (κ2) is 9.57. The molecule has 0 aromatic carbocycles. The molecule has 1 N–H and O–H groups in total. The molecule has 1 unspecified atom stereocenters. The van der Waals surface area contributed by atoms with Crippen LogP contribution in [0, 0.1) is 12.3 Å². The van der Waals surface area contributed by atoms with E-state index in [1.807, 2.05) is 0 Å². The molecular weight excluding hydrogens is 162 g/mol. The Hall–Kier alpha value is -0.520. The molecule has 0 aliphatic rings. The molecule has 0 bridgehead atoms. The van der Waals surface area contributed by atoms with E-state index in [0.29, 0.717) is 0 Å². The van der Waals surface area contributed by atoms with Gasteiger partial charge in [-0.15, -0.1) is 6.42 Å². The van der Waals surface area contributed by atoms with Gasteiger partial charge in [0.2, 0.25) is 0 Å². The van der Waals surface area contributed by atoms with Crippen LogP contribution in [0.5, 0.6) is 0 Å². The highest BCUT2D eigenvalue weighted by Gasteiger charge is 1.98. The fourth-order valence-corrected chi connectivity index (χ4v) is 0.975. The molecule has 1 atom stereocenters. The molecular formula is C11H21NO. The number of hydrogen-bond donors (Lipinski definition) is 1. The predicted octanol–water partition coefficient (Wildman–Crippen LogP) is 1.80. The summed E-state index contributed by atoms with van der Waals surface area (Å²) in [5.41, 5.74) is 0. The van der Waals surface area contributed by atoms with Crippen molar-refractivity contribution < 1.29 is 4.74 Å². The molecule has 13 heavy (non-hydrogen) atoms. The van der Waals surface area contributed by atoms with Crippen LogP contribution in [0.4, 0.5) is 0 Å². The van der Waals surface area contributed by atoms with Crippen molar-refractivity contribution in [1.29, 1.82) is 0 Å². The Morgan fingerprint density at radius 3 is 2.69 bits per heavy atom. The lowest BCUT2D eigenvalue weighted by atomic mass is 10.2. The number of terminal acetylenes is 1. The fraction of sp³-hybridized carbons (Fsp3) is 0.818. The van der Waals surface area contributed by atoms with Crippen molar-refractivity contribution in [2.45, 2.75) is 39.2 Å². The molecule has 2 nitrogen and oxygen atoms in total. The molecule has 0 saturated heterocycles. The van der Waals surface area contributed by atoms with Crippen LogP contribution in [-0.2, 0) is 4.74 Å². The zero-order valence-electron chi connectivity index (χ0n) is 8.81. The van der Waals surface area contributed by atoms with Crippen LogP contribution in [0.3, 0.4) is 0 Å². The first-order valence-corrected chi connectivity index (χ1v) is 5.12. The summed E-state index contributed by atoms with van der Waals surface area (Å²) in [6, 6.07) is 0.203. The summed E-state index contributed by atoms with van der Waals surface area (Å²) in [6.07, 6.45) is 8.61. The van der Waals surface area contributed by atoms with E-state index >= 15 is 0 Å². The summed E-state index contributed by atoms with van der Waals surface area (Å²) in [4.78, 5) is 0. The maximum atomic E-state index is 5.38. The topological polar surface area (TPSA) is 21.3 Å². The smallest absolute Gasteiger partial charge is 0.0685 e. The monoisotopic (exact) mass is 183 g/mol. The minimum atomic E-state index is 0.203. The van der Waals surface area contributed by atoms with E-state index in [0.717, 1.165) is 32.6 Å². The van der Waals surface area contributed by atoms with Crippen LogP contribution in [-0.4, -0.2) is 25.8 Å². The summed E-state index contributed by atoms with van der Waals surface area (Å²) < 4.78 is 5.38. The Balaban J connectivity index is 3.11. The molecule has 0 aliphatic heterocycles. The minimum Gasteiger partial charge on any atom is -0.380 e. The van der Waals surface area contributed by atoms with Crippen molar-refractivity contribution in [3.05, 3.63) is 0 Å². The highest BCUT2D eigenvalue weighted by molar-refractivity contribution is 4.97. The van der Waals surface area contributed by atoms with Crippen molar-refractivity contribution >= 4 is 0 Å². The molecule has 0 saturated carbocycles. The van der Waals surface area contributed by atoms with Crippen LogP contribution in [0.25, 0.3) is 0 Å². The van der Waals surface area contributed by atoms with Gasteiger partial charge in [-0.1, -0.05) is 26.2 Å². The van der Waals surface area contributed by atoms with E-state index in [1.54, 1.807) is 0 Å². The molecule has 0 rings (SSSR count). The second-order valence-electron chi connectivity index (χ2n) is 3.05. The Morgan fingerprint density at radius 1 is 1.38 bits per heavy atom. The lowest BCUT2D eigenvalue weighted by molar-refractivity contribution is 0.132. The molecule has 0 fully saturated rings. The maximum absolute atomic E-state index is 5.38. The largest absolute Gasteiger partial charge is 0.380 e. The lowest BCUT2D eigenvalue weighted by Gasteiger charge is -2.10. The Bertz CT molecular complexity index is 140. The summed E-state index contributed by atoms with van der Waals surface area (Å²) in [7, 11) is 0. The minimum absolute atomic E-state index is 0.203. The quantitative estimate of drug-likeness (QED) is 0.458. The molecule has 2 heteroatoms. The van der Waals surface area contributed by atoms with Gasteiger partial charge in [-0.2, -0.15) is 0 Å². The molecule has 0 spiro atoms. The van der Waals surface area contributed by atoms with E-state index in [2.05, 4.69) is 25.1 Å². The fourth-order valence-electron chi connectivity index (χ4n) is 0.975. The number of hydrogen-bond acceptors (Lipinski definition) is 2. The van der Waals surface area contributed by atoms with Crippen molar-refractivity contribution in [2.75, 3.05) is 19.8 Å². The van der Waals surface area contributed by atoms with Gasteiger partial charge in [0.25, 0.3) is 0 Å². The van der Waals surface area contributed by atoms with Crippen LogP contribution in [0.1, 0.15) is 33.1 Å². The summed E-state index contributed by atoms with van der Waals surface area (Å²) >= 11 is 0. The van der Waals surface area contributed by atoms with Gasteiger partial charge in [0, 0.05) is 13.2 Å². The molecule has 0 heterocycles. The molecule has 0 amide bonds. The summed E-state index contributed by atoms with van der Waals surface area (Å²) in [5.74, 6) is 2.69. The molecule has 0 aliphatic carbocycles. The van der Waals surface area contributed by atoms with Crippen LogP contribution in [0.15, 0.2) is 0 Å². The third-order valence-electron chi connectivity index (χ3n) is 1.89. The first-order chi connectivity index (χ1) is 6.35. The average molecular weight is 183 g/mol. The zero-order chi connectivity index (χ0) is 9.94. The standard InChI is InChI=1S/C11H21NO/c1-4-7-9-13-10-8-12-11(5-2)6-3/h2,11-12H,4,6-10H2,1,3H3. The van der Waals surface area contributed by atoms with Crippen LogP contribution >= 0.6 is 0 Å². The van der Waals surface area contributed by atoms with Gasteiger partial charge in [-0.3, -0.25) is 0 Å². The molecule has 0 radical (unpaired) electrons. The number of unbranched alkanes of at least 4 members (excludes halogenated alkanes) is 1. The van der Waals surface area contributed by atoms with Crippen molar-refractivity contribution in [2.24, 2.45) is 0 Å². The molecule has 76 valence electrons. The normalized spacial score (nSPS) is 12.4. The van der Waals surface area contributed by atoms with Crippen molar-refractivity contribution in [3.63, 3.8) is 0 Å². The summed E-state index contributed by atoms with van der Waals surface area (Å²) in [5, 5.41) is 3.23. The first-order valence-electron chi connectivity index (χ1n) is 5.12. The predicted molar refractivity (Wildman–Crippen MR) is 56.6 cm³/mol. The van der Waals surface area contributed by atoms with Crippen molar-refractivity contribution in [1.82, 2.24) is 5.32 Å². The summed E-state index contributed by atoms with van der Waals surface area (Å²) in [6.45, 7) is 6.72. The van der Waals surface area contributed by atoms with E-state index < -0.39 is 0 Å². The third-order valence-corrected chi connectivity index (χ3v) is 1.89.